The molecule has 0 heterocycles. The van der Waals surface area contributed by atoms with Crippen molar-refractivity contribution in [1.29, 1.82) is 0 Å². The van der Waals surface area contributed by atoms with Gasteiger partial charge in [-0.25, -0.2) is 0 Å². The summed E-state index contributed by atoms with van der Waals surface area (Å²) in [7, 11) is 0. The summed E-state index contributed by atoms with van der Waals surface area (Å²) >= 11 is 0. The van der Waals surface area contributed by atoms with E-state index in [9.17, 15) is 0 Å². The summed E-state index contributed by atoms with van der Waals surface area (Å²) in [5, 5.41) is 6.98. The minimum absolute atomic E-state index is 0. The highest BCUT2D eigenvalue weighted by molar-refractivity contribution is 14.0. The van der Waals surface area contributed by atoms with Crippen molar-refractivity contribution in [2.45, 2.75) is 72.8 Å². The van der Waals surface area contributed by atoms with Crippen molar-refractivity contribution in [2.75, 3.05) is 45.9 Å². The lowest BCUT2D eigenvalue weighted by Crippen LogP contribution is -2.42. The smallest absolute Gasteiger partial charge is 0.191 e. The molecule has 156 valence electrons. The van der Waals surface area contributed by atoms with Crippen LogP contribution in [0, 0.1) is 5.41 Å². The Labute approximate surface area is 179 Å². The summed E-state index contributed by atoms with van der Waals surface area (Å²) in [4.78, 5) is 7.36. The van der Waals surface area contributed by atoms with E-state index in [2.05, 4.69) is 50.2 Å². The second-order valence-electron chi connectivity index (χ2n) is 7.36. The first-order chi connectivity index (χ1) is 12.1. The largest absolute Gasteiger partial charge is 0.382 e. The number of hydrogen-bond donors (Lipinski definition) is 2. The lowest BCUT2D eigenvalue weighted by Gasteiger charge is -2.21. The van der Waals surface area contributed by atoms with Crippen molar-refractivity contribution in [3.8, 4) is 0 Å². The molecule has 0 aromatic rings. The molecular formula is C20H43IN4O. The second kappa shape index (κ2) is 14.9. The number of hydrogen-bond acceptors (Lipinski definition) is 3. The van der Waals surface area contributed by atoms with Crippen LogP contribution >= 0.6 is 24.0 Å². The van der Waals surface area contributed by atoms with Gasteiger partial charge in [0.2, 0.25) is 0 Å². The fourth-order valence-electron chi connectivity index (χ4n) is 3.13. The Hall–Kier alpha value is -0.0800. The van der Waals surface area contributed by atoms with E-state index >= 15 is 0 Å². The topological polar surface area (TPSA) is 48.9 Å². The van der Waals surface area contributed by atoms with Crippen LogP contribution in [0.25, 0.3) is 0 Å². The zero-order valence-electron chi connectivity index (χ0n) is 17.8. The normalized spacial score (nSPS) is 16.9. The lowest BCUT2D eigenvalue weighted by atomic mass is 10.0. The van der Waals surface area contributed by atoms with Gasteiger partial charge in [0.25, 0.3) is 0 Å². The third-order valence-corrected chi connectivity index (χ3v) is 5.24. The Morgan fingerprint density at radius 1 is 1.19 bits per heavy atom. The van der Waals surface area contributed by atoms with Crippen molar-refractivity contribution in [3.05, 3.63) is 0 Å². The highest BCUT2D eigenvalue weighted by Gasteiger charge is 2.41. The van der Waals surface area contributed by atoms with Gasteiger partial charge in [-0.05, 0) is 77.9 Å². The molecule has 2 N–H and O–H groups in total. The minimum Gasteiger partial charge on any atom is -0.382 e. The molecule has 0 aromatic carbocycles. The Morgan fingerprint density at radius 3 is 2.42 bits per heavy atom. The van der Waals surface area contributed by atoms with Crippen molar-refractivity contribution < 1.29 is 4.74 Å². The summed E-state index contributed by atoms with van der Waals surface area (Å²) in [6.45, 7) is 17.9. The maximum atomic E-state index is 5.53. The van der Waals surface area contributed by atoms with Gasteiger partial charge in [-0.1, -0.05) is 13.8 Å². The molecule has 6 heteroatoms. The standard InChI is InChI=1S/C20H42N4O.HI/c1-6-21-19(22-17-20(12-13-20)14-16-25-9-4)23-18(5)11-10-15-24(7-2)8-3;/h18H,6-17H2,1-5H3,(H2,21,22,23);1H. The number of ether oxygens (including phenoxy) is 1. The third kappa shape index (κ3) is 10.9. The molecule has 0 bridgehead atoms. The highest BCUT2D eigenvalue weighted by atomic mass is 127. The van der Waals surface area contributed by atoms with E-state index in [0.29, 0.717) is 11.5 Å². The average molecular weight is 482 g/mol. The van der Waals surface area contributed by atoms with Crippen molar-refractivity contribution in [1.82, 2.24) is 15.5 Å². The summed E-state index contributed by atoms with van der Waals surface area (Å²) < 4.78 is 5.53. The van der Waals surface area contributed by atoms with E-state index in [1.54, 1.807) is 0 Å². The molecule has 0 aliphatic heterocycles. The van der Waals surface area contributed by atoms with Gasteiger partial charge < -0.3 is 20.3 Å². The van der Waals surface area contributed by atoms with E-state index in [1.165, 1.54) is 32.2 Å². The first kappa shape index (κ1) is 25.9. The minimum atomic E-state index is 0. The lowest BCUT2D eigenvalue weighted by molar-refractivity contribution is 0.129. The van der Waals surface area contributed by atoms with E-state index in [0.717, 1.165) is 51.8 Å². The molecule has 0 aromatic heterocycles. The summed E-state index contributed by atoms with van der Waals surface area (Å²) in [6, 6.07) is 0.451. The second-order valence-corrected chi connectivity index (χ2v) is 7.36. The molecule has 1 saturated carbocycles. The van der Waals surface area contributed by atoms with Crippen LogP contribution in [0.15, 0.2) is 4.99 Å². The number of rotatable bonds is 14. The molecule has 1 atom stereocenters. The maximum absolute atomic E-state index is 5.53. The molecule has 1 rings (SSSR count). The van der Waals surface area contributed by atoms with Gasteiger partial charge in [-0.2, -0.15) is 0 Å². The maximum Gasteiger partial charge on any atom is 0.191 e. The molecule has 0 radical (unpaired) electrons. The zero-order valence-corrected chi connectivity index (χ0v) is 20.1. The molecule has 26 heavy (non-hydrogen) atoms. The zero-order chi connectivity index (χ0) is 18.5. The van der Waals surface area contributed by atoms with Crippen LogP contribution in [-0.2, 0) is 4.74 Å². The Balaban J connectivity index is 0.00000625. The van der Waals surface area contributed by atoms with Gasteiger partial charge in [-0.15, -0.1) is 24.0 Å². The molecule has 1 unspecified atom stereocenters. The fourth-order valence-corrected chi connectivity index (χ4v) is 3.13. The Morgan fingerprint density at radius 2 is 1.88 bits per heavy atom. The van der Waals surface area contributed by atoms with Crippen LogP contribution in [0.4, 0.5) is 0 Å². The molecule has 5 nitrogen and oxygen atoms in total. The van der Waals surface area contributed by atoms with Gasteiger partial charge in [0, 0.05) is 32.3 Å². The molecule has 1 aliphatic rings. The van der Waals surface area contributed by atoms with Crippen molar-refractivity contribution in [3.63, 3.8) is 0 Å². The Bertz CT molecular complexity index is 371. The predicted octanol–water partition coefficient (Wildman–Crippen LogP) is 3.88. The average Bonchev–Trinajstić information content (AvgIpc) is 3.37. The molecule has 0 saturated heterocycles. The quantitative estimate of drug-likeness (QED) is 0.171. The number of nitrogens with one attached hydrogen (secondary N) is 2. The monoisotopic (exact) mass is 482 g/mol. The molecule has 1 fully saturated rings. The molecule has 0 amide bonds. The summed E-state index contributed by atoms with van der Waals surface area (Å²) in [5.74, 6) is 0.973. The van der Waals surface area contributed by atoms with Crippen LogP contribution in [0.1, 0.15) is 66.7 Å². The van der Waals surface area contributed by atoms with Crippen molar-refractivity contribution in [2.24, 2.45) is 10.4 Å². The molecule has 1 aliphatic carbocycles. The van der Waals surface area contributed by atoms with Gasteiger partial charge in [-0.3, -0.25) is 4.99 Å². The Kier molecular flexibility index (Phi) is 14.9. The summed E-state index contributed by atoms with van der Waals surface area (Å²) in [6.07, 6.45) is 6.14. The van der Waals surface area contributed by atoms with Gasteiger partial charge in [0.05, 0.1) is 0 Å². The van der Waals surface area contributed by atoms with Crippen molar-refractivity contribution >= 4 is 29.9 Å². The van der Waals surface area contributed by atoms with Crippen LogP contribution < -0.4 is 10.6 Å². The number of halogens is 1. The SMILES string of the molecule is CCNC(=NCC1(CCOCC)CC1)NC(C)CCCN(CC)CC.I. The first-order valence-corrected chi connectivity index (χ1v) is 10.4. The number of guanidine groups is 1. The van der Waals surface area contributed by atoms with Gasteiger partial charge in [0.15, 0.2) is 5.96 Å². The van der Waals surface area contributed by atoms with E-state index in [-0.39, 0.29) is 24.0 Å². The van der Waals surface area contributed by atoms with Crippen LogP contribution in [0.5, 0.6) is 0 Å². The van der Waals surface area contributed by atoms with Gasteiger partial charge in [0.1, 0.15) is 0 Å². The first-order valence-electron chi connectivity index (χ1n) is 10.4. The van der Waals surface area contributed by atoms with Gasteiger partial charge >= 0.3 is 0 Å². The van der Waals surface area contributed by atoms with Crippen LogP contribution in [0.3, 0.4) is 0 Å². The van der Waals surface area contributed by atoms with E-state index in [1.807, 2.05) is 0 Å². The number of nitrogens with zero attached hydrogens (tertiary/aromatic N) is 2. The molecule has 0 spiro atoms. The highest BCUT2D eigenvalue weighted by Crippen LogP contribution is 2.48. The third-order valence-electron chi connectivity index (χ3n) is 5.24. The van der Waals surface area contributed by atoms with Crippen LogP contribution in [-0.4, -0.2) is 62.8 Å². The number of aliphatic imine (C=N–C) groups is 1. The molecular weight excluding hydrogens is 439 g/mol. The fraction of sp³-hybridized carbons (Fsp3) is 0.950. The predicted molar refractivity (Wildman–Crippen MR) is 124 cm³/mol. The van der Waals surface area contributed by atoms with Crippen LogP contribution in [0.2, 0.25) is 0 Å². The summed E-state index contributed by atoms with van der Waals surface area (Å²) in [5.41, 5.74) is 0.406. The van der Waals surface area contributed by atoms with E-state index in [4.69, 9.17) is 9.73 Å². The van der Waals surface area contributed by atoms with E-state index < -0.39 is 0 Å².